The molecule has 1 saturated heterocycles. The fraction of sp³-hybridized carbons (Fsp3) is 0.381. The lowest BCUT2D eigenvalue weighted by molar-refractivity contribution is 0.0730. The number of benzene rings is 2. The number of carbonyl (C=O) groups excluding carboxylic acids is 1. The van der Waals surface area contributed by atoms with Crippen LogP contribution in [0.1, 0.15) is 23.7 Å². The molecule has 1 aliphatic rings. The number of rotatable bonds is 8. The van der Waals surface area contributed by atoms with Crippen molar-refractivity contribution < 1.29 is 22.7 Å². The Balaban J connectivity index is 1.83. The average Bonchev–Trinajstić information content (AvgIpc) is 3.25. The summed E-state index contributed by atoms with van der Waals surface area (Å²) in [5.41, 5.74) is 0.537. The van der Waals surface area contributed by atoms with Crippen molar-refractivity contribution in [2.45, 2.75) is 18.2 Å². The maximum absolute atomic E-state index is 13.0. The minimum atomic E-state index is -3.95. The molecule has 1 N–H and O–H groups in total. The third kappa shape index (κ3) is 5.24. The summed E-state index contributed by atoms with van der Waals surface area (Å²) in [5, 5.41) is 0.368. The minimum absolute atomic E-state index is 0.0179. The summed E-state index contributed by atoms with van der Waals surface area (Å²) < 4.78 is 38.9. The molecule has 30 heavy (non-hydrogen) atoms. The maximum atomic E-state index is 13.0. The summed E-state index contributed by atoms with van der Waals surface area (Å²) in [4.78, 5) is 14.7. The molecular formula is C21H25ClN2O5S. The molecule has 3 rings (SSSR count). The molecule has 162 valence electrons. The van der Waals surface area contributed by atoms with Crippen LogP contribution in [0.4, 0.5) is 5.69 Å². The van der Waals surface area contributed by atoms with Gasteiger partial charge in [-0.3, -0.25) is 9.52 Å². The Labute approximate surface area is 182 Å². The van der Waals surface area contributed by atoms with Crippen LogP contribution in [0.5, 0.6) is 5.75 Å². The highest BCUT2D eigenvalue weighted by atomic mass is 35.5. The predicted octanol–water partition coefficient (Wildman–Crippen LogP) is 3.65. The number of carbonyl (C=O) groups is 1. The summed E-state index contributed by atoms with van der Waals surface area (Å²) in [5.74, 6) is 0.436. The predicted molar refractivity (Wildman–Crippen MR) is 116 cm³/mol. The molecule has 2 aromatic carbocycles. The van der Waals surface area contributed by atoms with E-state index >= 15 is 0 Å². The lowest BCUT2D eigenvalue weighted by Crippen LogP contribution is -2.35. The Morgan fingerprint density at radius 3 is 2.77 bits per heavy atom. The van der Waals surface area contributed by atoms with E-state index in [1.807, 2.05) is 6.92 Å². The number of halogens is 1. The van der Waals surface area contributed by atoms with E-state index in [1.54, 1.807) is 29.2 Å². The molecule has 1 aliphatic heterocycles. The van der Waals surface area contributed by atoms with Crippen LogP contribution in [-0.2, 0) is 14.8 Å². The molecule has 1 heterocycles. The molecule has 7 nitrogen and oxygen atoms in total. The number of hydrogen-bond donors (Lipinski definition) is 1. The van der Waals surface area contributed by atoms with Crippen LogP contribution in [0.25, 0.3) is 0 Å². The topological polar surface area (TPSA) is 84.9 Å². The lowest BCUT2D eigenvalue weighted by Gasteiger charge is -2.24. The molecule has 1 amide bonds. The zero-order valence-electron chi connectivity index (χ0n) is 16.9. The summed E-state index contributed by atoms with van der Waals surface area (Å²) in [6, 6.07) is 10.7. The van der Waals surface area contributed by atoms with E-state index in [1.165, 1.54) is 25.3 Å². The van der Waals surface area contributed by atoms with Crippen LogP contribution < -0.4 is 9.46 Å². The fourth-order valence-corrected chi connectivity index (χ4v) is 4.62. The van der Waals surface area contributed by atoms with Crippen LogP contribution in [0.15, 0.2) is 47.4 Å². The Hall–Kier alpha value is -2.29. The van der Waals surface area contributed by atoms with Gasteiger partial charge in [0.2, 0.25) is 0 Å². The monoisotopic (exact) mass is 452 g/mol. The number of anilines is 1. The molecule has 0 aliphatic carbocycles. The Morgan fingerprint density at radius 1 is 1.30 bits per heavy atom. The maximum Gasteiger partial charge on any atom is 0.262 e. The van der Waals surface area contributed by atoms with Gasteiger partial charge in [-0.05, 0) is 49.7 Å². The molecular weight excluding hydrogens is 428 g/mol. The first kappa shape index (κ1) is 22.4. The first-order valence-corrected chi connectivity index (χ1v) is 11.5. The standard InChI is InChI=1S/C21H25ClN2O5S/c1-3-24(13-15-9-10-29-14-15)21(25)16-5-4-6-18(11-16)30(26,27)23-19-12-17(22)7-8-20(19)28-2/h4-8,11-12,15,23H,3,9-10,13-14H2,1-2H3. The van der Waals surface area contributed by atoms with Gasteiger partial charge in [0, 0.05) is 36.2 Å². The van der Waals surface area contributed by atoms with E-state index < -0.39 is 10.0 Å². The number of hydrogen-bond acceptors (Lipinski definition) is 5. The van der Waals surface area contributed by atoms with Crippen molar-refractivity contribution in [2.24, 2.45) is 5.92 Å². The Bertz CT molecular complexity index is 1010. The third-order valence-corrected chi connectivity index (χ3v) is 6.57. The van der Waals surface area contributed by atoms with Crippen LogP contribution >= 0.6 is 11.6 Å². The van der Waals surface area contributed by atoms with E-state index in [-0.39, 0.29) is 16.5 Å². The van der Waals surface area contributed by atoms with Gasteiger partial charge >= 0.3 is 0 Å². The Kier molecular flexibility index (Phi) is 7.23. The number of sulfonamides is 1. The summed E-state index contributed by atoms with van der Waals surface area (Å²) in [7, 11) is -2.51. The van der Waals surface area contributed by atoms with Crippen molar-refractivity contribution >= 4 is 33.2 Å². The molecule has 1 atom stereocenters. The van der Waals surface area contributed by atoms with Crippen molar-refractivity contribution in [3.63, 3.8) is 0 Å². The normalized spacial score (nSPS) is 16.3. The van der Waals surface area contributed by atoms with Crippen molar-refractivity contribution in [1.29, 1.82) is 0 Å². The molecule has 0 bridgehead atoms. The second kappa shape index (κ2) is 9.68. The summed E-state index contributed by atoms with van der Waals surface area (Å²) in [6.45, 7) is 4.38. The van der Waals surface area contributed by atoms with Crippen LogP contribution in [0.2, 0.25) is 5.02 Å². The molecule has 0 saturated carbocycles. The van der Waals surface area contributed by atoms with Crippen LogP contribution in [-0.4, -0.2) is 52.6 Å². The SMILES string of the molecule is CCN(CC1CCOC1)C(=O)c1cccc(S(=O)(=O)Nc2cc(Cl)ccc2OC)c1. The number of methoxy groups -OCH3 is 1. The van der Waals surface area contributed by atoms with E-state index in [0.717, 1.165) is 6.42 Å². The molecule has 0 radical (unpaired) electrons. The Morgan fingerprint density at radius 2 is 2.10 bits per heavy atom. The molecule has 1 fully saturated rings. The van der Waals surface area contributed by atoms with Crippen LogP contribution in [0, 0.1) is 5.92 Å². The van der Waals surface area contributed by atoms with E-state index in [4.69, 9.17) is 21.1 Å². The number of nitrogens with one attached hydrogen (secondary N) is 1. The molecule has 1 unspecified atom stereocenters. The lowest BCUT2D eigenvalue weighted by atomic mass is 10.1. The van der Waals surface area contributed by atoms with Crippen molar-refractivity contribution in [3.05, 3.63) is 53.1 Å². The largest absolute Gasteiger partial charge is 0.495 e. The smallest absolute Gasteiger partial charge is 0.262 e. The van der Waals surface area contributed by atoms with Crippen molar-refractivity contribution in [2.75, 3.05) is 38.1 Å². The van der Waals surface area contributed by atoms with Gasteiger partial charge in [-0.1, -0.05) is 17.7 Å². The number of amides is 1. The summed E-state index contributed by atoms with van der Waals surface area (Å²) in [6.07, 6.45) is 0.920. The zero-order chi connectivity index (χ0) is 21.7. The van der Waals surface area contributed by atoms with Gasteiger partial charge in [0.15, 0.2) is 0 Å². The van der Waals surface area contributed by atoms with Gasteiger partial charge in [-0.25, -0.2) is 8.42 Å². The number of ether oxygens (including phenoxy) is 2. The highest BCUT2D eigenvalue weighted by molar-refractivity contribution is 7.92. The minimum Gasteiger partial charge on any atom is -0.495 e. The highest BCUT2D eigenvalue weighted by Gasteiger charge is 2.24. The third-order valence-electron chi connectivity index (χ3n) is 4.97. The molecule has 2 aromatic rings. The summed E-state index contributed by atoms with van der Waals surface area (Å²) >= 11 is 5.99. The van der Waals surface area contributed by atoms with E-state index in [0.29, 0.717) is 48.6 Å². The second-order valence-electron chi connectivity index (χ2n) is 7.05. The van der Waals surface area contributed by atoms with Gasteiger partial charge in [0.1, 0.15) is 5.75 Å². The molecule has 0 aromatic heterocycles. The van der Waals surface area contributed by atoms with Gasteiger partial charge in [-0.2, -0.15) is 0 Å². The van der Waals surface area contributed by atoms with Crippen molar-refractivity contribution in [3.8, 4) is 5.75 Å². The van der Waals surface area contributed by atoms with E-state index in [2.05, 4.69) is 4.72 Å². The van der Waals surface area contributed by atoms with E-state index in [9.17, 15) is 13.2 Å². The van der Waals surface area contributed by atoms with Gasteiger partial charge < -0.3 is 14.4 Å². The van der Waals surface area contributed by atoms with Gasteiger partial charge in [0.05, 0.1) is 24.3 Å². The zero-order valence-corrected chi connectivity index (χ0v) is 18.5. The van der Waals surface area contributed by atoms with Crippen molar-refractivity contribution in [1.82, 2.24) is 4.90 Å². The molecule has 9 heteroatoms. The van der Waals surface area contributed by atoms with Crippen LogP contribution in [0.3, 0.4) is 0 Å². The quantitative estimate of drug-likeness (QED) is 0.660. The first-order valence-electron chi connectivity index (χ1n) is 9.67. The second-order valence-corrected chi connectivity index (χ2v) is 9.17. The first-order chi connectivity index (χ1) is 14.3. The highest BCUT2D eigenvalue weighted by Crippen LogP contribution is 2.30. The fourth-order valence-electron chi connectivity index (χ4n) is 3.34. The van der Waals surface area contributed by atoms with Gasteiger partial charge in [-0.15, -0.1) is 0 Å². The van der Waals surface area contributed by atoms with Gasteiger partial charge in [0.25, 0.3) is 15.9 Å². The number of nitrogens with zero attached hydrogens (tertiary/aromatic N) is 1. The molecule has 0 spiro atoms. The average molecular weight is 453 g/mol.